The zero-order valence-corrected chi connectivity index (χ0v) is 14.0. The van der Waals surface area contributed by atoms with Gasteiger partial charge in [-0.05, 0) is 42.8 Å². The van der Waals surface area contributed by atoms with Gasteiger partial charge in [0.15, 0.2) is 0 Å². The molecular formula is C18H18ClNO3. The highest BCUT2D eigenvalue weighted by atomic mass is 35.5. The van der Waals surface area contributed by atoms with Crippen LogP contribution in [0.4, 0.5) is 5.69 Å². The summed E-state index contributed by atoms with van der Waals surface area (Å²) in [5.74, 6) is 1.08. The second-order valence-electron chi connectivity index (χ2n) is 4.89. The van der Waals surface area contributed by atoms with Crippen LogP contribution in [-0.2, 0) is 4.79 Å². The summed E-state index contributed by atoms with van der Waals surface area (Å²) in [5.41, 5.74) is 2.42. The summed E-state index contributed by atoms with van der Waals surface area (Å²) in [5, 5.41) is 3.38. The Morgan fingerprint density at radius 1 is 1.13 bits per heavy atom. The zero-order chi connectivity index (χ0) is 16.8. The average Bonchev–Trinajstić information content (AvgIpc) is 2.56. The van der Waals surface area contributed by atoms with E-state index in [0.29, 0.717) is 22.2 Å². The molecule has 23 heavy (non-hydrogen) atoms. The molecular weight excluding hydrogens is 314 g/mol. The monoisotopic (exact) mass is 331 g/mol. The lowest BCUT2D eigenvalue weighted by molar-refractivity contribution is -0.111. The number of aryl methyl sites for hydroxylation is 1. The van der Waals surface area contributed by atoms with Crippen molar-refractivity contribution in [2.45, 2.75) is 6.92 Å². The summed E-state index contributed by atoms with van der Waals surface area (Å²) < 4.78 is 10.4. The number of ether oxygens (including phenoxy) is 2. The molecule has 5 heteroatoms. The molecule has 0 aliphatic carbocycles. The van der Waals surface area contributed by atoms with Crippen LogP contribution in [0.5, 0.6) is 11.5 Å². The van der Waals surface area contributed by atoms with E-state index in [-0.39, 0.29) is 5.91 Å². The molecule has 0 radical (unpaired) electrons. The van der Waals surface area contributed by atoms with Crippen molar-refractivity contribution in [2.24, 2.45) is 0 Å². The lowest BCUT2D eigenvalue weighted by Gasteiger charge is -2.08. The second kappa shape index (κ2) is 7.70. The van der Waals surface area contributed by atoms with Gasteiger partial charge in [-0.25, -0.2) is 0 Å². The Morgan fingerprint density at radius 2 is 1.91 bits per heavy atom. The van der Waals surface area contributed by atoms with Crippen LogP contribution in [0.2, 0.25) is 5.02 Å². The van der Waals surface area contributed by atoms with E-state index in [1.54, 1.807) is 44.6 Å². The first-order chi connectivity index (χ1) is 11.0. The Bertz CT molecular complexity index is 741. The topological polar surface area (TPSA) is 47.6 Å². The lowest BCUT2D eigenvalue weighted by atomic mass is 10.1. The molecule has 1 N–H and O–H groups in total. The Hall–Kier alpha value is -2.46. The quantitative estimate of drug-likeness (QED) is 0.830. The normalized spacial score (nSPS) is 10.6. The van der Waals surface area contributed by atoms with Gasteiger partial charge in [0.1, 0.15) is 11.5 Å². The van der Waals surface area contributed by atoms with E-state index >= 15 is 0 Å². The summed E-state index contributed by atoms with van der Waals surface area (Å²) in [7, 11) is 3.16. The molecule has 2 aromatic carbocycles. The van der Waals surface area contributed by atoms with Crippen LogP contribution in [0.3, 0.4) is 0 Å². The van der Waals surface area contributed by atoms with Crippen LogP contribution in [0, 0.1) is 6.92 Å². The molecule has 2 rings (SSSR count). The molecule has 0 heterocycles. The fraction of sp³-hybridized carbons (Fsp3) is 0.167. The van der Waals surface area contributed by atoms with Crippen molar-refractivity contribution in [2.75, 3.05) is 19.5 Å². The number of hydrogen-bond donors (Lipinski definition) is 1. The molecule has 4 nitrogen and oxygen atoms in total. The number of rotatable bonds is 5. The third kappa shape index (κ3) is 4.50. The SMILES string of the molecule is COc1ccc(/C=C/C(=O)Nc2cc(Cl)ccc2C)c(OC)c1. The first kappa shape index (κ1) is 16.9. The van der Waals surface area contributed by atoms with Gasteiger partial charge in [-0.3, -0.25) is 4.79 Å². The molecule has 0 atom stereocenters. The van der Waals surface area contributed by atoms with Crippen LogP contribution >= 0.6 is 11.6 Å². The van der Waals surface area contributed by atoms with Crippen LogP contribution in [-0.4, -0.2) is 20.1 Å². The highest BCUT2D eigenvalue weighted by Crippen LogP contribution is 2.25. The van der Waals surface area contributed by atoms with Crippen molar-refractivity contribution in [3.63, 3.8) is 0 Å². The molecule has 0 aromatic heterocycles. The average molecular weight is 332 g/mol. The van der Waals surface area contributed by atoms with E-state index in [1.807, 2.05) is 19.1 Å². The van der Waals surface area contributed by atoms with Gasteiger partial charge in [0.2, 0.25) is 5.91 Å². The molecule has 120 valence electrons. The number of carbonyl (C=O) groups excluding carboxylic acids is 1. The van der Waals surface area contributed by atoms with Gasteiger partial charge in [0.25, 0.3) is 0 Å². The maximum Gasteiger partial charge on any atom is 0.248 e. The first-order valence-electron chi connectivity index (χ1n) is 7.00. The van der Waals surface area contributed by atoms with Crippen LogP contribution in [0.25, 0.3) is 6.08 Å². The van der Waals surface area contributed by atoms with Gasteiger partial charge in [-0.15, -0.1) is 0 Å². The summed E-state index contributed by atoms with van der Waals surface area (Å²) >= 11 is 5.94. The maximum absolute atomic E-state index is 12.1. The number of hydrogen-bond acceptors (Lipinski definition) is 3. The number of nitrogens with one attached hydrogen (secondary N) is 1. The van der Waals surface area contributed by atoms with Crippen molar-refractivity contribution in [1.29, 1.82) is 0 Å². The first-order valence-corrected chi connectivity index (χ1v) is 7.38. The van der Waals surface area contributed by atoms with E-state index < -0.39 is 0 Å². The van der Waals surface area contributed by atoms with Crippen LogP contribution < -0.4 is 14.8 Å². The number of amides is 1. The van der Waals surface area contributed by atoms with Crippen molar-refractivity contribution in [3.8, 4) is 11.5 Å². The highest BCUT2D eigenvalue weighted by molar-refractivity contribution is 6.31. The molecule has 0 bridgehead atoms. The molecule has 0 unspecified atom stereocenters. The molecule has 0 aliphatic rings. The van der Waals surface area contributed by atoms with Gasteiger partial charge in [-0.1, -0.05) is 17.7 Å². The number of methoxy groups -OCH3 is 2. The fourth-order valence-corrected chi connectivity index (χ4v) is 2.20. The predicted octanol–water partition coefficient (Wildman–Crippen LogP) is 4.32. The largest absolute Gasteiger partial charge is 0.497 e. The number of benzene rings is 2. The molecule has 2 aromatic rings. The smallest absolute Gasteiger partial charge is 0.248 e. The van der Waals surface area contributed by atoms with Gasteiger partial charge >= 0.3 is 0 Å². The van der Waals surface area contributed by atoms with Gasteiger partial charge < -0.3 is 14.8 Å². The Kier molecular flexibility index (Phi) is 5.66. The third-order valence-corrected chi connectivity index (χ3v) is 3.55. The Balaban J connectivity index is 2.13. The van der Waals surface area contributed by atoms with Crippen molar-refractivity contribution in [1.82, 2.24) is 0 Å². The number of carbonyl (C=O) groups is 1. The molecule has 0 saturated carbocycles. The maximum atomic E-state index is 12.1. The lowest BCUT2D eigenvalue weighted by Crippen LogP contribution is -2.08. The summed E-state index contributed by atoms with van der Waals surface area (Å²) in [6, 6.07) is 10.8. The van der Waals surface area contributed by atoms with E-state index in [1.165, 1.54) is 6.08 Å². The van der Waals surface area contributed by atoms with E-state index in [2.05, 4.69) is 5.32 Å². The zero-order valence-electron chi connectivity index (χ0n) is 13.2. The summed E-state index contributed by atoms with van der Waals surface area (Å²) in [6.07, 6.45) is 3.14. The molecule has 0 fully saturated rings. The minimum absolute atomic E-state index is 0.242. The van der Waals surface area contributed by atoms with Crippen molar-refractivity contribution >= 4 is 29.3 Å². The fourth-order valence-electron chi connectivity index (χ4n) is 2.02. The van der Waals surface area contributed by atoms with Gasteiger partial charge in [-0.2, -0.15) is 0 Å². The van der Waals surface area contributed by atoms with Crippen molar-refractivity contribution in [3.05, 3.63) is 58.6 Å². The standard InChI is InChI=1S/C18H18ClNO3/c1-12-4-7-14(19)10-16(12)20-18(21)9-6-13-5-8-15(22-2)11-17(13)23-3/h4-11H,1-3H3,(H,20,21)/b9-6+. The van der Waals surface area contributed by atoms with Gasteiger partial charge in [0.05, 0.1) is 14.2 Å². The van der Waals surface area contributed by atoms with Crippen molar-refractivity contribution < 1.29 is 14.3 Å². The molecule has 0 spiro atoms. The minimum Gasteiger partial charge on any atom is -0.497 e. The van der Waals surface area contributed by atoms with E-state index in [0.717, 1.165) is 11.1 Å². The summed E-state index contributed by atoms with van der Waals surface area (Å²) in [4.78, 5) is 12.1. The minimum atomic E-state index is -0.242. The molecule has 0 aliphatic heterocycles. The van der Waals surface area contributed by atoms with E-state index in [4.69, 9.17) is 21.1 Å². The van der Waals surface area contributed by atoms with Crippen LogP contribution in [0.1, 0.15) is 11.1 Å². The Labute approximate surface area is 140 Å². The molecule has 1 amide bonds. The van der Waals surface area contributed by atoms with Gasteiger partial charge in [0, 0.05) is 28.4 Å². The molecule has 0 saturated heterocycles. The van der Waals surface area contributed by atoms with Crippen LogP contribution in [0.15, 0.2) is 42.5 Å². The summed E-state index contributed by atoms with van der Waals surface area (Å²) in [6.45, 7) is 1.90. The Morgan fingerprint density at radius 3 is 2.61 bits per heavy atom. The van der Waals surface area contributed by atoms with E-state index in [9.17, 15) is 4.79 Å². The highest BCUT2D eigenvalue weighted by Gasteiger charge is 2.05. The second-order valence-corrected chi connectivity index (χ2v) is 5.33. The third-order valence-electron chi connectivity index (χ3n) is 3.31. The number of anilines is 1. The predicted molar refractivity (Wildman–Crippen MR) is 93.4 cm³/mol. The number of halogens is 1.